The van der Waals surface area contributed by atoms with Gasteiger partial charge in [0.15, 0.2) is 0 Å². The molecule has 0 spiro atoms. The molecule has 30 heavy (non-hydrogen) atoms. The van der Waals surface area contributed by atoms with Crippen molar-refractivity contribution in [3.05, 3.63) is 54.8 Å². The maximum Gasteiger partial charge on any atom is 0.251 e. The number of aryl methyl sites for hydroxylation is 1. The number of fused-ring (bicyclic) bond motifs is 1. The number of pyridine rings is 1. The highest BCUT2D eigenvalue weighted by atomic mass is 16.3. The van der Waals surface area contributed by atoms with Crippen LogP contribution in [0, 0.1) is 6.92 Å². The first-order chi connectivity index (χ1) is 14.4. The lowest BCUT2D eigenvalue weighted by atomic mass is 10.0. The number of aromatic amines is 2. The van der Waals surface area contributed by atoms with Crippen LogP contribution in [0.25, 0.3) is 27.7 Å². The van der Waals surface area contributed by atoms with Gasteiger partial charge in [-0.1, -0.05) is 6.08 Å². The lowest BCUT2D eigenvalue weighted by Gasteiger charge is -2.13. The van der Waals surface area contributed by atoms with E-state index < -0.39 is 6.10 Å². The zero-order valence-corrected chi connectivity index (χ0v) is 17.4. The SMILES string of the molecule is C=CC/C(=C\N=CCC(O)C(=O)N(C)C)c1cnc2[nH]cc(-c3cn[nH]c3C)c2c1. The molecule has 0 fully saturated rings. The molecule has 0 aliphatic carbocycles. The molecule has 0 radical (unpaired) electrons. The molecular formula is C22H26N6O2. The van der Waals surface area contributed by atoms with Crippen LogP contribution in [0.2, 0.25) is 0 Å². The quantitative estimate of drug-likeness (QED) is 0.394. The first-order valence-electron chi connectivity index (χ1n) is 9.61. The number of aliphatic imine (C=N–C) groups is 1. The van der Waals surface area contributed by atoms with E-state index in [0.717, 1.165) is 39.0 Å². The van der Waals surface area contributed by atoms with Gasteiger partial charge in [0.2, 0.25) is 0 Å². The van der Waals surface area contributed by atoms with Gasteiger partial charge in [-0.05, 0) is 30.5 Å². The Morgan fingerprint density at radius 3 is 2.83 bits per heavy atom. The normalized spacial score (nSPS) is 13.1. The number of nitrogens with one attached hydrogen (secondary N) is 2. The van der Waals surface area contributed by atoms with Gasteiger partial charge < -0.3 is 15.0 Å². The average Bonchev–Trinajstić information content (AvgIpc) is 3.34. The number of nitrogens with zero attached hydrogens (tertiary/aromatic N) is 4. The van der Waals surface area contributed by atoms with Gasteiger partial charge in [0.05, 0.1) is 6.20 Å². The number of aliphatic hydroxyl groups is 1. The van der Waals surface area contributed by atoms with Crippen LogP contribution in [0.4, 0.5) is 0 Å². The summed E-state index contributed by atoms with van der Waals surface area (Å²) in [4.78, 5) is 25.1. The highest BCUT2D eigenvalue weighted by Gasteiger charge is 2.15. The van der Waals surface area contributed by atoms with Crippen LogP contribution >= 0.6 is 0 Å². The van der Waals surface area contributed by atoms with Crippen molar-refractivity contribution in [2.45, 2.75) is 25.9 Å². The molecule has 3 aromatic rings. The number of carbonyl (C=O) groups excluding carboxylic acids is 1. The smallest absolute Gasteiger partial charge is 0.251 e. The topological polar surface area (TPSA) is 110 Å². The third kappa shape index (κ3) is 4.55. The summed E-state index contributed by atoms with van der Waals surface area (Å²) >= 11 is 0. The van der Waals surface area contributed by atoms with Crippen molar-refractivity contribution in [2.75, 3.05) is 14.1 Å². The molecule has 8 heteroatoms. The summed E-state index contributed by atoms with van der Waals surface area (Å²) < 4.78 is 0. The van der Waals surface area contributed by atoms with Gasteiger partial charge >= 0.3 is 0 Å². The maximum atomic E-state index is 11.7. The van der Waals surface area contributed by atoms with Crippen LogP contribution in [0.1, 0.15) is 24.1 Å². The number of allylic oxidation sites excluding steroid dienone is 2. The Balaban J connectivity index is 1.87. The van der Waals surface area contributed by atoms with Gasteiger partial charge in [-0.2, -0.15) is 5.10 Å². The molecular weight excluding hydrogens is 380 g/mol. The van der Waals surface area contributed by atoms with E-state index in [-0.39, 0.29) is 12.3 Å². The average molecular weight is 406 g/mol. The molecule has 1 atom stereocenters. The van der Waals surface area contributed by atoms with Crippen molar-refractivity contribution in [2.24, 2.45) is 4.99 Å². The van der Waals surface area contributed by atoms with E-state index >= 15 is 0 Å². The molecule has 1 unspecified atom stereocenters. The zero-order valence-electron chi connectivity index (χ0n) is 17.4. The predicted molar refractivity (Wildman–Crippen MR) is 119 cm³/mol. The molecule has 3 heterocycles. The summed E-state index contributed by atoms with van der Waals surface area (Å²) in [5.74, 6) is -0.346. The number of H-pyrrole nitrogens is 2. The Kier molecular flexibility index (Phi) is 6.58. The van der Waals surface area contributed by atoms with Crippen LogP contribution in [0.3, 0.4) is 0 Å². The van der Waals surface area contributed by atoms with Crippen LogP contribution in [-0.4, -0.2) is 62.5 Å². The summed E-state index contributed by atoms with van der Waals surface area (Å²) in [6, 6.07) is 2.07. The largest absolute Gasteiger partial charge is 0.383 e. The molecule has 3 aromatic heterocycles. The summed E-state index contributed by atoms with van der Waals surface area (Å²) in [5.41, 5.74) is 5.68. The highest BCUT2D eigenvalue weighted by molar-refractivity contribution is 5.95. The number of carbonyl (C=O) groups is 1. The minimum Gasteiger partial charge on any atom is -0.383 e. The fourth-order valence-electron chi connectivity index (χ4n) is 3.13. The van der Waals surface area contributed by atoms with Crippen LogP contribution in [0.5, 0.6) is 0 Å². The van der Waals surface area contributed by atoms with E-state index in [1.165, 1.54) is 11.1 Å². The number of aromatic nitrogens is 4. The maximum absolute atomic E-state index is 11.7. The fourth-order valence-corrected chi connectivity index (χ4v) is 3.13. The summed E-state index contributed by atoms with van der Waals surface area (Å²) in [6.45, 7) is 5.80. The molecule has 0 bridgehead atoms. The van der Waals surface area contributed by atoms with Crippen molar-refractivity contribution in [1.29, 1.82) is 0 Å². The number of rotatable bonds is 8. The molecule has 156 valence electrons. The Morgan fingerprint density at radius 1 is 1.37 bits per heavy atom. The summed E-state index contributed by atoms with van der Waals surface area (Å²) in [7, 11) is 3.21. The molecule has 0 aliphatic heterocycles. The Bertz CT molecular complexity index is 1110. The van der Waals surface area contributed by atoms with Gasteiger partial charge in [0.25, 0.3) is 5.91 Å². The second kappa shape index (κ2) is 9.32. The molecule has 0 aliphatic rings. The molecule has 3 rings (SSSR count). The highest BCUT2D eigenvalue weighted by Crippen LogP contribution is 2.31. The minimum absolute atomic E-state index is 0.147. The molecule has 0 saturated carbocycles. The Hall–Kier alpha value is -3.52. The minimum atomic E-state index is -1.10. The second-order valence-corrected chi connectivity index (χ2v) is 7.19. The first kappa shape index (κ1) is 21.2. The Labute approximate surface area is 175 Å². The number of aliphatic hydroxyl groups excluding tert-OH is 1. The first-order valence-corrected chi connectivity index (χ1v) is 9.61. The van der Waals surface area contributed by atoms with Crippen LogP contribution in [-0.2, 0) is 4.79 Å². The van der Waals surface area contributed by atoms with Gasteiger partial charge in [0.1, 0.15) is 11.8 Å². The van der Waals surface area contributed by atoms with Crippen molar-refractivity contribution >= 4 is 28.7 Å². The van der Waals surface area contributed by atoms with E-state index in [1.54, 1.807) is 38.8 Å². The third-order valence-corrected chi connectivity index (χ3v) is 4.78. The van der Waals surface area contributed by atoms with E-state index in [9.17, 15) is 9.90 Å². The standard InChI is InChI=1S/C22H26N6O2/c1-5-6-15(10-23-8-7-20(29)22(30)28(3)4)16-9-17-19(12-25-21(17)24-11-16)18-13-26-27-14(18)2/h5,8-13,20,29H,1,6-7H2,2-4H3,(H,24,25)(H,26,27)/b15-10+,23-8?. The van der Waals surface area contributed by atoms with Crippen molar-refractivity contribution in [1.82, 2.24) is 25.1 Å². The monoisotopic (exact) mass is 406 g/mol. The zero-order chi connectivity index (χ0) is 21.7. The van der Waals surface area contributed by atoms with E-state index in [1.807, 2.05) is 13.1 Å². The van der Waals surface area contributed by atoms with E-state index in [4.69, 9.17) is 0 Å². The van der Waals surface area contributed by atoms with Crippen molar-refractivity contribution in [3.63, 3.8) is 0 Å². The van der Waals surface area contributed by atoms with Crippen LogP contribution in [0.15, 0.2) is 48.5 Å². The van der Waals surface area contributed by atoms with Gasteiger partial charge in [-0.3, -0.25) is 14.9 Å². The van der Waals surface area contributed by atoms with E-state index in [2.05, 4.69) is 37.8 Å². The second-order valence-electron chi connectivity index (χ2n) is 7.19. The number of hydrogen-bond acceptors (Lipinski definition) is 5. The van der Waals surface area contributed by atoms with Crippen LogP contribution < -0.4 is 0 Å². The number of amides is 1. The van der Waals surface area contributed by atoms with E-state index in [0.29, 0.717) is 6.42 Å². The molecule has 1 amide bonds. The number of hydrogen-bond donors (Lipinski definition) is 3. The van der Waals surface area contributed by atoms with Crippen molar-refractivity contribution in [3.8, 4) is 11.1 Å². The molecule has 0 saturated heterocycles. The summed E-state index contributed by atoms with van der Waals surface area (Å²) in [6.07, 6.45) is 10.2. The lowest BCUT2D eigenvalue weighted by Crippen LogP contribution is -2.33. The third-order valence-electron chi connectivity index (χ3n) is 4.78. The number of likely N-dealkylation sites (N-methyl/N-ethyl adjacent to an activating group) is 1. The van der Waals surface area contributed by atoms with Crippen molar-refractivity contribution < 1.29 is 9.90 Å². The fraction of sp³-hybridized carbons (Fsp3) is 0.273. The van der Waals surface area contributed by atoms with Gasteiger partial charge in [0, 0.05) is 67.5 Å². The molecule has 8 nitrogen and oxygen atoms in total. The predicted octanol–water partition coefficient (Wildman–Crippen LogP) is 3.09. The molecule has 3 N–H and O–H groups in total. The summed E-state index contributed by atoms with van der Waals surface area (Å²) in [5, 5.41) is 17.9. The van der Waals surface area contributed by atoms with Gasteiger partial charge in [-0.25, -0.2) is 4.98 Å². The molecule has 0 aromatic carbocycles. The Morgan fingerprint density at radius 2 is 2.17 bits per heavy atom. The lowest BCUT2D eigenvalue weighted by molar-refractivity contribution is -0.137. The van der Waals surface area contributed by atoms with Gasteiger partial charge in [-0.15, -0.1) is 6.58 Å².